The zero-order valence-corrected chi connectivity index (χ0v) is 8.39. The molecule has 0 saturated carbocycles. The van der Waals surface area contributed by atoms with E-state index < -0.39 is 23.6 Å². The fraction of sp³-hybridized carbons (Fsp3) is 0.300. The molecule has 0 aromatic heterocycles. The lowest BCUT2D eigenvalue weighted by Gasteiger charge is -2.10. The molecular formula is C10H11F2N3O. The SMILES string of the molecule is NCCNC1C(=O)Nc2cc(F)cc(F)c21. The second kappa shape index (κ2) is 4.15. The number of carbonyl (C=O) groups excluding carboxylic acids is 1. The highest BCUT2D eigenvalue weighted by Gasteiger charge is 2.33. The van der Waals surface area contributed by atoms with Crippen molar-refractivity contribution in [2.75, 3.05) is 18.4 Å². The molecule has 0 saturated heterocycles. The van der Waals surface area contributed by atoms with Gasteiger partial charge in [-0.1, -0.05) is 0 Å². The van der Waals surface area contributed by atoms with Crippen molar-refractivity contribution in [1.82, 2.24) is 5.32 Å². The van der Waals surface area contributed by atoms with Gasteiger partial charge in [-0.05, 0) is 6.07 Å². The number of hydrogen-bond acceptors (Lipinski definition) is 3. The highest BCUT2D eigenvalue weighted by Crippen LogP contribution is 2.33. The number of benzene rings is 1. The molecule has 0 aliphatic carbocycles. The van der Waals surface area contributed by atoms with E-state index >= 15 is 0 Å². The predicted octanol–water partition coefficient (Wildman–Crippen LogP) is 0.506. The van der Waals surface area contributed by atoms with Gasteiger partial charge in [0.1, 0.15) is 17.7 Å². The summed E-state index contributed by atoms with van der Waals surface area (Å²) < 4.78 is 26.4. The molecule has 86 valence electrons. The molecule has 4 N–H and O–H groups in total. The molecule has 1 aliphatic heterocycles. The van der Waals surface area contributed by atoms with E-state index in [0.29, 0.717) is 13.1 Å². The second-order valence-electron chi connectivity index (χ2n) is 3.51. The summed E-state index contributed by atoms with van der Waals surface area (Å²) in [4.78, 5) is 11.5. The summed E-state index contributed by atoms with van der Waals surface area (Å²) in [5.74, 6) is -1.84. The first kappa shape index (κ1) is 11.0. The van der Waals surface area contributed by atoms with Crippen LogP contribution in [0.3, 0.4) is 0 Å². The Hall–Kier alpha value is -1.53. The number of amides is 1. The van der Waals surface area contributed by atoms with Crippen LogP contribution >= 0.6 is 0 Å². The maximum Gasteiger partial charge on any atom is 0.246 e. The average Bonchev–Trinajstić information content (AvgIpc) is 2.51. The number of carbonyl (C=O) groups is 1. The number of nitrogens with two attached hydrogens (primary N) is 1. The largest absolute Gasteiger partial charge is 0.329 e. The molecular weight excluding hydrogens is 216 g/mol. The van der Waals surface area contributed by atoms with Crippen molar-refractivity contribution in [3.8, 4) is 0 Å². The zero-order chi connectivity index (χ0) is 11.7. The van der Waals surface area contributed by atoms with Crippen LogP contribution in [0.2, 0.25) is 0 Å². The van der Waals surface area contributed by atoms with Crippen molar-refractivity contribution in [3.63, 3.8) is 0 Å². The zero-order valence-electron chi connectivity index (χ0n) is 8.39. The number of anilines is 1. The topological polar surface area (TPSA) is 67.1 Å². The minimum atomic E-state index is -0.792. The van der Waals surface area contributed by atoms with Crippen LogP contribution in [0.1, 0.15) is 11.6 Å². The van der Waals surface area contributed by atoms with Crippen LogP contribution in [0, 0.1) is 11.6 Å². The Morgan fingerprint density at radius 2 is 2.19 bits per heavy atom. The van der Waals surface area contributed by atoms with Gasteiger partial charge >= 0.3 is 0 Å². The maximum absolute atomic E-state index is 13.5. The lowest BCUT2D eigenvalue weighted by atomic mass is 10.1. The van der Waals surface area contributed by atoms with Gasteiger partial charge in [-0.25, -0.2) is 8.78 Å². The number of halogens is 2. The first-order valence-electron chi connectivity index (χ1n) is 4.86. The molecule has 1 unspecified atom stereocenters. The highest BCUT2D eigenvalue weighted by atomic mass is 19.1. The maximum atomic E-state index is 13.5. The van der Waals surface area contributed by atoms with E-state index in [9.17, 15) is 13.6 Å². The van der Waals surface area contributed by atoms with E-state index in [1.165, 1.54) is 0 Å². The predicted molar refractivity (Wildman–Crippen MR) is 54.8 cm³/mol. The van der Waals surface area contributed by atoms with Crippen molar-refractivity contribution >= 4 is 11.6 Å². The van der Waals surface area contributed by atoms with E-state index in [1.807, 2.05) is 0 Å². The fourth-order valence-electron chi connectivity index (χ4n) is 1.74. The van der Waals surface area contributed by atoms with E-state index in [-0.39, 0.29) is 11.3 Å². The van der Waals surface area contributed by atoms with Crippen LogP contribution in [-0.2, 0) is 4.79 Å². The molecule has 6 heteroatoms. The summed E-state index contributed by atoms with van der Waals surface area (Å²) in [7, 11) is 0. The van der Waals surface area contributed by atoms with Gasteiger partial charge in [0.25, 0.3) is 0 Å². The van der Waals surface area contributed by atoms with Crippen LogP contribution in [0.15, 0.2) is 12.1 Å². The first-order chi connectivity index (χ1) is 7.63. The Morgan fingerprint density at radius 3 is 2.88 bits per heavy atom. The lowest BCUT2D eigenvalue weighted by molar-refractivity contribution is -0.117. The summed E-state index contributed by atoms with van der Waals surface area (Å²) in [5.41, 5.74) is 5.62. The molecule has 4 nitrogen and oxygen atoms in total. The molecule has 0 fully saturated rings. The molecule has 1 aromatic rings. The molecule has 1 aliphatic rings. The van der Waals surface area contributed by atoms with Gasteiger partial charge in [0.15, 0.2) is 0 Å². The molecule has 16 heavy (non-hydrogen) atoms. The minimum absolute atomic E-state index is 0.153. The molecule has 1 heterocycles. The summed E-state index contributed by atoms with van der Waals surface area (Å²) in [5, 5.41) is 5.21. The molecule has 1 aromatic carbocycles. The van der Waals surface area contributed by atoms with Gasteiger partial charge in [-0.3, -0.25) is 4.79 Å². The smallest absolute Gasteiger partial charge is 0.246 e. The van der Waals surface area contributed by atoms with E-state index in [2.05, 4.69) is 10.6 Å². The van der Waals surface area contributed by atoms with Crippen molar-refractivity contribution in [1.29, 1.82) is 0 Å². The van der Waals surface area contributed by atoms with Crippen LogP contribution in [0.4, 0.5) is 14.5 Å². The summed E-state index contributed by atoms with van der Waals surface area (Å²) >= 11 is 0. The van der Waals surface area contributed by atoms with Crippen molar-refractivity contribution in [2.24, 2.45) is 5.73 Å². The molecule has 1 amide bonds. The van der Waals surface area contributed by atoms with Crippen molar-refractivity contribution < 1.29 is 13.6 Å². The van der Waals surface area contributed by atoms with Crippen LogP contribution in [-0.4, -0.2) is 19.0 Å². The normalized spacial score (nSPS) is 18.4. The number of rotatable bonds is 3. The highest BCUT2D eigenvalue weighted by molar-refractivity contribution is 6.02. The lowest BCUT2D eigenvalue weighted by Crippen LogP contribution is -2.31. The van der Waals surface area contributed by atoms with Gasteiger partial charge in [-0.15, -0.1) is 0 Å². The van der Waals surface area contributed by atoms with Gasteiger partial charge in [-0.2, -0.15) is 0 Å². The Morgan fingerprint density at radius 1 is 1.44 bits per heavy atom. The Kier molecular flexibility index (Phi) is 2.84. The fourth-order valence-corrected chi connectivity index (χ4v) is 1.74. The number of nitrogens with one attached hydrogen (secondary N) is 2. The van der Waals surface area contributed by atoms with Crippen molar-refractivity contribution in [2.45, 2.75) is 6.04 Å². The quantitative estimate of drug-likeness (QED) is 0.704. The van der Waals surface area contributed by atoms with Crippen LogP contribution in [0.25, 0.3) is 0 Å². The van der Waals surface area contributed by atoms with Gasteiger partial charge in [0.05, 0.1) is 5.69 Å². The Bertz CT molecular complexity index is 436. The number of fused-ring (bicyclic) bond motifs is 1. The molecule has 0 spiro atoms. The van der Waals surface area contributed by atoms with Gasteiger partial charge in [0, 0.05) is 24.7 Å². The van der Waals surface area contributed by atoms with Crippen LogP contribution < -0.4 is 16.4 Å². The average molecular weight is 227 g/mol. The Balaban J connectivity index is 2.36. The van der Waals surface area contributed by atoms with E-state index in [4.69, 9.17) is 5.73 Å². The molecule has 2 rings (SSSR count). The third-order valence-electron chi connectivity index (χ3n) is 2.40. The standard InChI is InChI=1S/C10H11F2N3O/c11-5-3-6(12)8-7(4-5)15-10(16)9(8)14-2-1-13/h3-4,9,14H,1-2,13H2,(H,15,16). The van der Waals surface area contributed by atoms with E-state index in [1.54, 1.807) is 0 Å². The minimum Gasteiger partial charge on any atom is -0.329 e. The van der Waals surface area contributed by atoms with Gasteiger partial charge in [0.2, 0.25) is 5.91 Å². The monoisotopic (exact) mass is 227 g/mol. The second-order valence-corrected chi connectivity index (χ2v) is 3.51. The van der Waals surface area contributed by atoms with Crippen molar-refractivity contribution in [3.05, 3.63) is 29.3 Å². The molecule has 1 atom stereocenters. The first-order valence-corrected chi connectivity index (χ1v) is 4.86. The third-order valence-corrected chi connectivity index (χ3v) is 2.40. The van der Waals surface area contributed by atoms with E-state index in [0.717, 1.165) is 12.1 Å². The van der Waals surface area contributed by atoms with Crippen LogP contribution in [0.5, 0.6) is 0 Å². The Labute approximate surface area is 90.8 Å². The third kappa shape index (κ3) is 1.77. The molecule has 0 radical (unpaired) electrons. The number of hydrogen-bond donors (Lipinski definition) is 3. The summed E-state index contributed by atoms with van der Waals surface area (Å²) in [6, 6.07) is 1.07. The molecule has 0 bridgehead atoms. The summed E-state index contributed by atoms with van der Waals surface area (Å²) in [6.45, 7) is 0.719. The van der Waals surface area contributed by atoms with Gasteiger partial charge < -0.3 is 16.4 Å². The summed E-state index contributed by atoms with van der Waals surface area (Å²) in [6.07, 6.45) is 0.